The maximum Gasteiger partial charge on any atom is 0.270 e. The van der Waals surface area contributed by atoms with Gasteiger partial charge in [0.05, 0.1) is 5.56 Å². The molecule has 1 aliphatic rings. The summed E-state index contributed by atoms with van der Waals surface area (Å²) in [5.74, 6) is 1.46. The summed E-state index contributed by atoms with van der Waals surface area (Å²) in [5, 5.41) is 6.23. The van der Waals surface area contributed by atoms with E-state index in [0.717, 1.165) is 30.8 Å². The van der Waals surface area contributed by atoms with Crippen molar-refractivity contribution in [3.8, 4) is 22.6 Å². The van der Waals surface area contributed by atoms with Crippen molar-refractivity contribution in [1.82, 2.24) is 20.6 Å². The quantitative estimate of drug-likeness (QED) is 0.634. The number of amides is 1. The molecule has 2 aromatic carbocycles. The molecule has 4 rings (SSSR count). The molecule has 1 aromatic heterocycles. The summed E-state index contributed by atoms with van der Waals surface area (Å²) in [5.41, 5.74) is 7.64. The van der Waals surface area contributed by atoms with Gasteiger partial charge < -0.3 is 21.1 Å². The SMILES string of the molecule is Nc1ncnc(C(=O)N[C@@H]2CCNC2)c1-c1ccc(Oc2ccccc2)cc1. The third-order valence-electron chi connectivity index (χ3n) is 4.61. The van der Waals surface area contributed by atoms with Gasteiger partial charge in [-0.1, -0.05) is 30.3 Å². The summed E-state index contributed by atoms with van der Waals surface area (Å²) >= 11 is 0. The van der Waals surface area contributed by atoms with Crippen LogP contribution >= 0.6 is 0 Å². The molecule has 0 unspecified atom stereocenters. The molecule has 0 radical (unpaired) electrons. The van der Waals surface area contributed by atoms with Gasteiger partial charge >= 0.3 is 0 Å². The molecule has 0 spiro atoms. The van der Waals surface area contributed by atoms with E-state index in [-0.39, 0.29) is 23.5 Å². The Hall–Kier alpha value is -3.45. The van der Waals surface area contributed by atoms with Gasteiger partial charge in [0.15, 0.2) is 0 Å². The smallest absolute Gasteiger partial charge is 0.270 e. The lowest BCUT2D eigenvalue weighted by molar-refractivity contribution is 0.0935. The highest BCUT2D eigenvalue weighted by Crippen LogP contribution is 2.30. The Balaban J connectivity index is 1.58. The van der Waals surface area contributed by atoms with E-state index in [0.29, 0.717) is 11.3 Å². The van der Waals surface area contributed by atoms with Crippen LogP contribution in [0.1, 0.15) is 16.9 Å². The van der Waals surface area contributed by atoms with Gasteiger partial charge in [-0.3, -0.25) is 4.79 Å². The van der Waals surface area contributed by atoms with Gasteiger partial charge in [-0.15, -0.1) is 0 Å². The zero-order valence-corrected chi connectivity index (χ0v) is 15.3. The van der Waals surface area contributed by atoms with Gasteiger partial charge in [-0.05, 0) is 42.8 Å². The van der Waals surface area contributed by atoms with Crippen LogP contribution in [0.3, 0.4) is 0 Å². The molecule has 0 aliphatic carbocycles. The highest BCUT2D eigenvalue weighted by molar-refractivity contribution is 6.01. The number of hydrogen-bond acceptors (Lipinski definition) is 6. The molecule has 7 nitrogen and oxygen atoms in total. The third kappa shape index (κ3) is 3.94. The van der Waals surface area contributed by atoms with Crippen LogP contribution in [0.15, 0.2) is 60.9 Å². The van der Waals surface area contributed by atoms with E-state index in [9.17, 15) is 4.79 Å². The molecule has 1 amide bonds. The minimum atomic E-state index is -0.248. The van der Waals surface area contributed by atoms with Crippen molar-refractivity contribution in [3.63, 3.8) is 0 Å². The van der Waals surface area contributed by atoms with Crippen LogP contribution < -0.4 is 21.1 Å². The van der Waals surface area contributed by atoms with Crippen LogP contribution in [0.2, 0.25) is 0 Å². The van der Waals surface area contributed by atoms with Gasteiger partial charge in [0.1, 0.15) is 29.3 Å². The number of nitrogens with two attached hydrogens (primary N) is 1. The number of carbonyl (C=O) groups excluding carboxylic acids is 1. The molecular formula is C21H21N5O2. The summed E-state index contributed by atoms with van der Waals surface area (Å²) in [7, 11) is 0. The zero-order chi connectivity index (χ0) is 19.3. The number of anilines is 1. The number of carbonyl (C=O) groups is 1. The Bertz CT molecular complexity index is 954. The fourth-order valence-electron chi connectivity index (χ4n) is 3.20. The average Bonchev–Trinajstić information content (AvgIpc) is 3.22. The van der Waals surface area contributed by atoms with Crippen LogP contribution in [0, 0.1) is 0 Å². The number of nitrogen functional groups attached to an aromatic ring is 1. The van der Waals surface area contributed by atoms with Crippen LogP contribution in [-0.4, -0.2) is 35.0 Å². The van der Waals surface area contributed by atoms with E-state index in [1.165, 1.54) is 6.33 Å². The van der Waals surface area contributed by atoms with Crippen molar-refractivity contribution in [3.05, 3.63) is 66.6 Å². The number of para-hydroxylation sites is 1. The van der Waals surface area contributed by atoms with Crippen molar-refractivity contribution in [2.45, 2.75) is 12.5 Å². The lowest BCUT2D eigenvalue weighted by Gasteiger charge is -2.14. The molecule has 1 saturated heterocycles. The van der Waals surface area contributed by atoms with E-state index in [2.05, 4.69) is 20.6 Å². The fraction of sp³-hybridized carbons (Fsp3) is 0.190. The molecule has 28 heavy (non-hydrogen) atoms. The number of nitrogens with zero attached hydrogens (tertiary/aromatic N) is 2. The van der Waals surface area contributed by atoms with Gasteiger partial charge in [-0.25, -0.2) is 9.97 Å². The number of ether oxygens (including phenoxy) is 1. The summed E-state index contributed by atoms with van der Waals surface area (Å²) in [4.78, 5) is 21.0. The van der Waals surface area contributed by atoms with Gasteiger partial charge in [-0.2, -0.15) is 0 Å². The predicted octanol–water partition coefficient (Wildman–Crippen LogP) is 2.61. The van der Waals surface area contributed by atoms with Crippen LogP contribution in [0.25, 0.3) is 11.1 Å². The normalized spacial score (nSPS) is 15.9. The van der Waals surface area contributed by atoms with Crippen molar-refractivity contribution in [1.29, 1.82) is 0 Å². The Morgan fingerprint density at radius 1 is 1.07 bits per heavy atom. The van der Waals surface area contributed by atoms with Crippen LogP contribution in [-0.2, 0) is 0 Å². The minimum absolute atomic E-state index is 0.0955. The van der Waals surface area contributed by atoms with E-state index >= 15 is 0 Å². The number of nitrogens with one attached hydrogen (secondary N) is 2. The lowest BCUT2D eigenvalue weighted by Crippen LogP contribution is -2.37. The second-order valence-electron chi connectivity index (χ2n) is 6.59. The predicted molar refractivity (Wildman–Crippen MR) is 107 cm³/mol. The lowest BCUT2D eigenvalue weighted by atomic mass is 10.0. The highest BCUT2D eigenvalue weighted by Gasteiger charge is 2.22. The molecule has 0 bridgehead atoms. The first-order chi connectivity index (χ1) is 13.7. The van der Waals surface area contributed by atoms with E-state index in [1.807, 2.05) is 54.6 Å². The Labute approximate surface area is 163 Å². The van der Waals surface area contributed by atoms with Crippen molar-refractivity contribution >= 4 is 11.7 Å². The first kappa shape index (κ1) is 17.9. The summed E-state index contributed by atoms with van der Waals surface area (Å²) in [6.07, 6.45) is 2.21. The topological polar surface area (TPSA) is 102 Å². The van der Waals surface area contributed by atoms with E-state index in [4.69, 9.17) is 10.5 Å². The van der Waals surface area contributed by atoms with Gasteiger partial charge in [0, 0.05) is 12.6 Å². The molecule has 1 atom stereocenters. The molecule has 142 valence electrons. The fourth-order valence-corrected chi connectivity index (χ4v) is 3.20. The standard InChI is InChI=1S/C21H21N5O2/c22-20-18(19(24-13-25-20)21(27)26-15-10-11-23-12-15)14-6-8-17(9-7-14)28-16-4-2-1-3-5-16/h1-9,13,15,23H,10-12H2,(H,26,27)(H2,22,24,25)/t15-/m1/s1. The van der Waals surface area contributed by atoms with Crippen molar-refractivity contribution < 1.29 is 9.53 Å². The minimum Gasteiger partial charge on any atom is -0.457 e. The number of hydrogen-bond donors (Lipinski definition) is 3. The molecule has 1 fully saturated rings. The summed E-state index contributed by atoms with van der Waals surface area (Å²) in [6.45, 7) is 1.65. The average molecular weight is 375 g/mol. The van der Waals surface area contributed by atoms with Crippen molar-refractivity contribution in [2.24, 2.45) is 0 Å². The summed E-state index contributed by atoms with van der Waals surface area (Å²) < 4.78 is 5.82. The molecular weight excluding hydrogens is 354 g/mol. The molecule has 7 heteroatoms. The van der Waals surface area contributed by atoms with E-state index < -0.39 is 0 Å². The zero-order valence-electron chi connectivity index (χ0n) is 15.3. The number of aromatic nitrogens is 2. The third-order valence-corrected chi connectivity index (χ3v) is 4.61. The molecule has 1 aliphatic heterocycles. The van der Waals surface area contributed by atoms with Crippen molar-refractivity contribution in [2.75, 3.05) is 18.8 Å². The van der Waals surface area contributed by atoms with E-state index in [1.54, 1.807) is 0 Å². The molecule has 4 N–H and O–H groups in total. The maximum absolute atomic E-state index is 12.7. The second-order valence-corrected chi connectivity index (χ2v) is 6.59. The first-order valence-electron chi connectivity index (χ1n) is 9.16. The molecule has 3 aromatic rings. The largest absolute Gasteiger partial charge is 0.457 e. The van der Waals surface area contributed by atoms with Crippen LogP contribution in [0.4, 0.5) is 5.82 Å². The maximum atomic E-state index is 12.7. The van der Waals surface area contributed by atoms with Crippen LogP contribution in [0.5, 0.6) is 11.5 Å². The molecule has 0 saturated carbocycles. The molecule has 2 heterocycles. The van der Waals surface area contributed by atoms with Gasteiger partial charge in [0.2, 0.25) is 0 Å². The number of rotatable bonds is 5. The Morgan fingerprint density at radius 3 is 2.54 bits per heavy atom. The summed E-state index contributed by atoms with van der Waals surface area (Å²) in [6, 6.07) is 17.0. The van der Waals surface area contributed by atoms with Gasteiger partial charge in [0.25, 0.3) is 5.91 Å². The highest BCUT2D eigenvalue weighted by atomic mass is 16.5. The second kappa shape index (κ2) is 8.06. The number of benzene rings is 2. The Kier molecular flexibility index (Phi) is 5.16. The first-order valence-corrected chi connectivity index (χ1v) is 9.16. The Morgan fingerprint density at radius 2 is 1.82 bits per heavy atom. The monoisotopic (exact) mass is 375 g/mol.